The van der Waals surface area contributed by atoms with Gasteiger partial charge in [-0.1, -0.05) is 97.9 Å². The molecular formula is C30H31N4O5. The molecule has 0 fully saturated rings. The third kappa shape index (κ3) is 8.92. The lowest BCUT2D eigenvalue weighted by Crippen LogP contribution is -2.56. The van der Waals surface area contributed by atoms with Gasteiger partial charge in [-0.3, -0.25) is 24.0 Å². The fraction of sp³-hybridized carbons (Fsp3) is 0.200. The fourth-order valence-corrected chi connectivity index (χ4v) is 4.03. The van der Waals surface area contributed by atoms with E-state index < -0.39 is 47.4 Å². The first kappa shape index (κ1) is 28.8. The van der Waals surface area contributed by atoms with Crippen LogP contribution in [-0.2, 0) is 36.9 Å². The number of primary amides is 1. The second-order valence-electron chi connectivity index (χ2n) is 9.02. The van der Waals surface area contributed by atoms with E-state index in [1.165, 1.54) is 0 Å². The molecule has 3 aromatic rings. The lowest BCUT2D eigenvalue weighted by molar-refractivity contribution is -0.140. The predicted octanol–water partition coefficient (Wildman–Crippen LogP) is 1.58. The molecular weight excluding hydrogens is 496 g/mol. The fourth-order valence-electron chi connectivity index (χ4n) is 4.03. The maximum absolute atomic E-state index is 13.5. The van der Waals surface area contributed by atoms with Gasteiger partial charge < -0.3 is 21.7 Å². The standard InChI is InChI=1S/C30H31N4O5/c1-20(23-15-9-4-10-16-23)27(34-26(36)18-25(31)35)29(38)33-24(17-21-11-5-2-6-12-21)28(37)30(39)32-19-22-13-7-3-8-14-22/h2-16,18,20,24,27H,17,19H2,1H3,(H2,31,35)(H,32,39)(H,33,38)(H,34,36)/t20-,24-,27-/m0/s1. The van der Waals surface area contributed by atoms with E-state index in [-0.39, 0.29) is 13.0 Å². The summed E-state index contributed by atoms with van der Waals surface area (Å²) in [6, 6.07) is 24.6. The van der Waals surface area contributed by atoms with E-state index in [2.05, 4.69) is 16.0 Å². The van der Waals surface area contributed by atoms with E-state index in [9.17, 15) is 24.0 Å². The van der Waals surface area contributed by atoms with Gasteiger partial charge in [0.25, 0.3) is 5.91 Å². The highest BCUT2D eigenvalue weighted by Crippen LogP contribution is 2.20. The number of ketones is 1. The normalized spacial score (nSPS) is 12.8. The van der Waals surface area contributed by atoms with Crippen LogP contribution >= 0.6 is 0 Å². The van der Waals surface area contributed by atoms with Gasteiger partial charge in [0, 0.05) is 18.9 Å². The molecule has 3 rings (SSSR count). The number of carbonyl (C=O) groups is 5. The Morgan fingerprint density at radius 3 is 1.87 bits per heavy atom. The Balaban J connectivity index is 1.82. The maximum atomic E-state index is 13.5. The number of amides is 4. The Hall–Kier alpha value is -4.79. The monoisotopic (exact) mass is 527 g/mol. The Labute approximate surface area is 227 Å². The Kier molecular flexibility index (Phi) is 10.5. The summed E-state index contributed by atoms with van der Waals surface area (Å²) < 4.78 is 0. The molecule has 9 nitrogen and oxygen atoms in total. The molecule has 5 N–H and O–H groups in total. The summed E-state index contributed by atoms with van der Waals surface area (Å²) in [6.07, 6.45) is 0.694. The zero-order chi connectivity index (χ0) is 28.2. The van der Waals surface area contributed by atoms with E-state index in [4.69, 9.17) is 5.73 Å². The first-order valence-electron chi connectivity index (χ1n) is 12.4. The third-order valence-corrected chi connectivity index (χ3v) is 6.11. The molecule has 0 aromatic heterocycles. The molecule has 3 aromatic carbocycles. The zero-order valence-corrected chi connectivity index (χ0v) is 21.5. The number of Topliss-reactive ketones (excluding diaryl/α,β-unsaturated/α-hetero) is 1. The topological polar surface area (TPSA) is 147 Å². The van der Waals surface area contributed by atoms with Gasteiger partial charge in [0.05, 0.1) is 0 Å². The van der Waals surface area contributed by atoms with Gasteiger partial charge >= 0.3 is 0 Å². The van der Waals surface area contributed by atoms with Crippen LogP contribution in [-0.4, -0.2) is 41.5 Å². The number of benzene rings is 3. The van der Waals surface area contributed by atoms with Crippen LogP contribution in [0.1, 0.15) is 29.5 Å². The number of rotatable bonds is 13. The van der Waals surface area contributed by atoms with Gasteiger partial charge in [-0.05, 0) is 16.7 Å². The molecule has 3 atom stereocenters. The number of nitrogens with two attached hydrogens (primary N) is 1. The summed E-state index contributed by atoms with van der Waals surface area (Å²) in [5, 5.41) is 7.77. The first-order chi connectivity index (χ1) is 18.7. The van der Waals surface area contributed by atoms with Crippen LogP contribution in [0.3, 0.4) is 0 Å². The smallest absolute Gasteiger partial charge is 0.289 e. The highest BCUT2D eigenvalue weighted by Gasteiger charge is 2.33. The molecule has 0 aliphatic carbocycles. The summed E-state index contributed by atoms with van der Waals surface area (Å²) in [7, 11) is 0. The highest BCUT2D eigenvalue weighted by atomic mass is 16.2. The minimum absolute atomic E-state index is 0.0535. The number of carbonyl (C=O) groups excluding carboxylic acids is 5. The molecule has 0 unspecified atom stereocenters. The highest BCUT2D eigenvalue weighted by molar-refractivity contribution is 6.38. The third-order valence-electron chi connectivity index (χ3n) is 6.11. The van der Waals surface area contributed by atoms with Crippen molar-refractivity contribution in [3.8, 4) is 0 Å². The molecule has 0 saturated heterocycles. The van der Waals surface area contributed by atoms with Gasteiger partial charge in [0.15, 0.2) is 0 Å². The van der Waals surface area contributed by atoms with E-state index in [1.807, 2.05) is 42.5 Å². The van der Waals surface area contributed by atoms with Crippen LogP contribution in [0.25, 0.3) is 0 Å². The summed E-state index contributed by atoms with van der Waals surface area (Å²) in [6.45, 7) is 1.87. The van der Waals surface area contributed by atoms with Crippen molar-refractivity contribution in [3.63, 3.8) is 0 Å². The van der Waals surface area contributed by atoms with Crippen molar-refractivity contribution in [3.05, 3.63) is 114 Å². The van der Waals surface area contributed by atoms with Crippen molar-refractivity contribution >= 4 is 29.4 Å². The lowest BCUT2D eigenvalue weighted by Gasteiger charge is -2.27. The molecule has 0 spiro atoms. The van der Waals surface area contributed by atoms with Gasteiger partial charge in [0.2, 0.25) is 23.5 Å². The summed E-state index contributed by atoms with van der Waals surface area (Å²) in [5.74, 6) is -4.73. The predicted molar refractivity (Wildman–Crippen MR) is 146 cm³/mol. The second-order valence-corrected chi connectivity index (χ2v) is 9.02. The molecule has 1 radical (unpaired) electrons. The minimum Gasteiger partial charge on any atom is -0.369 e. The van der Waals surface area contributed by atoms with Crippen molar-refractivity contribution in [1.29, 1.82) is 0 Å². The average molecular weight is 528 g/mol. The SMILES string of the molecule is C[C@@H](c1ccccc1)[C@H](NC(=O)[CH]C(N)=O)C(=O)N[C@@H](Cc1ccccc1)C(=O)C(=O)NCc1ccccc1. The molecule has 9 heteroatoms. The van der Waals surface area contributed by atoms with Crippen LogP contribution in [0, 0.1) is 6.42 Å². The van der Waals surface area contributed by atoms with Crippen LogP contribution in [0.5, 0.6) is 0 Å². The van der Waals surface area contributed by atoms with E-state index in [1.54, 1.807) is 55.5 Å². The molecule has 0 aliphatic heterocycles. The van der Waals surface area contributed by atoms with E-state index in [0.29, 0.717) is 6.42 Å². The van der Waals surface area contributed by atoms with Gasteiger partial charge in [-0.15, -0.1) is 0 Å². The Bertz CT molecular complexity index is 1280. The number of hydrogen-bond acceptors (Lipinski definition) is 5. The van der Waals surface area contributed by atoms with E-state index in [0.717, 1.165) is 16.7 Å². The molecule has 0 aliphatic rings. The molecule has 0 bridgehead atoms. The van der Waals surface area contributed by atoms with Crippen LogP contribution in [0.2, 0.25) is 0 Å². The van der Waals surface area contributed by atoms with Crippen LogP contribution < -0.4 is 21.7 Å². The maximum Gasteiger partial charge on any atom is 0.289 e. The molecule has 0 heterocycles. The lowest BCUT2D eigenvalue weighted by atomic mass is 9.91. The van der Waals surface area contributed by atoms with Gasteiger partial charge in [-0.25, -0.2) is 0 Å². The largest absolute Gasteiger partial charge is 0.369 e. The summed E-state index contributed by atoms with van der Waals surface area (Å²) in [4.78, 5) is 63.2. The quantitative estimate of drug-likeness (QED) is 0.197. The zero-order valence-electron chi connectivity index (χ0n) is 21.5. The molecule has 201 valence electrons. The van der Waals surface area contributed by atoms with Crippen molar-refractivity contribution in [2.24, 2.45) is 5.73 Å². The Morgan fingerprint density at radius 1 is 0.769 bits per heavy atom. The summed E-state index contributed by atoms with van der Waals surface area (Å²) >= 11 is 0. The molecule has 0 saturated carbocycles. The number of hydrogen-bond donors (Lipinski definition) is 4. The molecule has 39 heavy (non-hydrogen) atoms. The van der Waals surface area contributed by atoms with Crippen LogP contribution in [0.4, 0.5) is 0 Å². The Morgan fingerprint density at radius 2 is 1.31 bits per heavy atom. The van der Waals surface area contributed by atoms with Crippen LogP contribution in [0.15, 0.2) is 91.0 Å². The second kappa shape index (κ2) is 14.2. The van der Waals surface area contributed by atoms with Gasteiger partial charge in [0.1, 0.15) is 18.5 Å². The molecule has 4 amide bonds. The number of nitrogens with one attached hydrogen (secondary N) is 3. The average Bonchev–Trinajstić information content (AvgIpc) is 2.94. The van der Waals surface area contributed by atoms with E-state index >= 15 is 0 Å². The van der Waals surface area contributed by atoms with Crippen molar-refractivity contribution in [2.45, 2.75) is 37.9 Å². The van der Waals surface area contributed by atoms with Gasteiger partial charge in [-0.2, -0.15) is 0 Å². The van der Waals surface area contributed by atoms with Crippen molar-refractivity contribution < 1.29 is 24.0 Å². The first-order valence-corrected chi connectivity index (χ1v) is 12.4. The minimum atomic E-state index is -1.21. The summed E-state index contributed by atoms with van der Waals surface area (Å²) in [5.41, 5.74) is 7.38. The van der Waals surface area contributed by atoms with Crippen molar-refractivity contribution in [1.82, 2.24) is 16.0 Å². The van der Waals surface area contributed by atoms with Crippen molar-refractivity contribution in [2.75, 3.05) is 0 Å².